The standard InChI is InChI=1S/C16H23NO4/c1-12-4-6-17(7-5-12)9-13(18)10-19-14-2-3-15-16(8-14)21-11-20-15/h2-3,8,12-13,18H,4-7,9-11H2,1H3. The Hall–Kier alpha value is -1.46. The largest absolute Gasteiger partial charge is 0.491 e. The van der Waals surface area contributed by atoms with Crippen LogP contribution in [0.1, 0.15) is 19.8 Å². The van der Waals surface area contributed by atoms with Crippen LogP contribution in [0.2, 0.25) is 0 Å². The molecule has 5 heteroatoms. The Bertz CT molecular complexity index is 471. The summed E-state index contributed by atoms with van der Waals surface area (Å²) >= 11 is 0. The van der Waals surface area contributed by atoms with Gasteiger partial charge in [-0.3, -0.25) is 0 Å². The lowest BCUT2D eigenvalue weighted by Gasteiger charge is -2.31. The van der Waals surface area contributed by atoms with Crippen LogP contribution in [0.3, 0.4) is 0 Å². The highest BCUT2D eigenvalue weighted by molar-refractivity contribution is 5.46. The highest BCUT2D eigenvalue weighted by Gasteiger charge is 2.19. The first-order chi connectivity index (χ1) is 10.2. The van der Waals surface area contributed by atoms with Crippen molar-refractivity contribution in [2.24, 2.45) is 5.92 Å². The molecule has 1 atom stereocenters. The lowest BCUT2D eigenvalue weighted by atomic mass is 9.99. The molecule has 1 aromatic rings. The fourth-order valence-corrected chi connectivity index (χ4v) is 2.75. The summed E-state index contributed by atoms with van der Waals surface area (Å²) in [5.41, 5.74) is 0. The highest BCUT2D eigenvalue weighted by Crippen LogP contribution is 2.35. The molecule has 0 aliphatic carbocycles. The van der Waals surface area contributed by atoms with Crippen molar-refractivity contribution in [3.8, 4) is 17.2 Å². The Kier molecular flexibility index (Phi) is 4.51. The van der Waals surface area contributed by atoms with E-state index in [0.717, 1.165) is 24.8 Å². The number of fused-ring (bicyclic) bond motifs is 1. The average Bonchev–Trinajstić information content (AvgIpc) is 2.95. The Morgan fingerprint density at radius 2 is 2.05 bits per heavy atom. The first kappa shape index (κ1) is 14.5. The predicted octanol–water partition coefficient (Wildman–Crippen LogP) is 1.89. The third kappa shape index (κ3) is 3.80. The molecule has 0 aromatic heterocycles. The van der Waals surface area contributed by atoms with E-state index in [1.54, 1.807) is 6.07 Å². The Balaban J connectivity index is 1.44. The molecule has 0 amide bonds. The second kappa shape index (κ2) is 6.54. The summed E-state index contributed by atoms with van der Waals surface area (Å²) in [6.45, 7) is 5.67. The molecule has 0 saturated carbocycles. The summed E-state index contributed by atoms with van der Waals surface area (Å²) in [7, 11) is 0. The Morgan fingerprint density at radius 3 is 2.86 bits per heavy atom. The average molecular weight is 293 g/mol. The van der Waals surface area contributed by atoms with Gasteiger partial charge in [-0.15, -0.1) is 0 Å². The topological polar surface area (TPSA) is 51.2 Å². The van der Waals surface area contributed by atoms with Gasteiger partial charge in [0.15, 0.2) is 11.5 Å². The van der Waals surface area contributed by atoms with E-state index in [0.29, 0.717) is 24.7 Å². The summed E-state index contributed by atoms with van der Waals surface area (Å²) in [5, 5.41) is 10.1. The van der Waals surface area contributed by atoms with Crippen molar-refractivity contribution in [2.75, 3.05) is 33.0 Å². The molecule has 0 bridgehead atoms. The third-order valence-corrected chi connectivity index (χ3v) is 4.13. The van der Waals surface area contributed by atoms with Crippen LogP contribution < -0.4 is 14.2 Å². The van der Waals surface area contributed by atoms with Gasteiger partial charge in [-0.2, -0.15) is 0 Å². The molecule has 2 aliphatic rings. The number of piperidine rings is 1. The van der Waals surface area contributed by atoms with Crippen molar-refractivity contribution < 1.29 is 19.3 Å². The smallest absolute Gasteiger partial charge is 0.231 e. The number of aliphatic hydroxyl groups is 1. The van der Waals surface area contributed by atoms with Crippen LogP contribution in [0.25, 0.3) is 0 Å². The Morgan fingerprint density at radius 1 is 1.29 bits per heavy atom. The van der Waals surface area contributed by atoms with E-state index in [1.807, 2.05) is 12.1 Å². The van der Waals surface area contributed by atoms with E-state index in [4.69, 9.17) is 14.2 Å². The minimum atomic E-state index is -0.469. The van der Waals surface area contributed by atoms with E-state index in [9.17, 15) is 5.11 Å². The second-order valence-corrected chi connectivity index (χ2v) is 5.96. The zero-order chi connectivity index (χ0) is 14.7. The number of hydrogen-bond donors (Lipinski definition) is 1. The molecule has 1 aromatic carbocycles. The number of likely N-dealkylation sites (tertiary alicyclic amines) is 1. The maximum atomic E-state index is 10.1. The molecular weight excluding hydrogens is 270 g/mol. The van der Waals surface area contributed by atoms with Crippen molar-refractivity contribution >= 4 is 0 Å². The minimum Gasteiger partial charge on any atom is -0.491 e. The van der Waals surface area contributed by atoms with E-state index in [1.165, 1.54) is 12.8 Å². The SMILES string of the molecule is CC1CCN(CC(O)COc2ccc3c(c2)OCO3)CC1. The van der Waals surface area contributed by atoms with Crippen molar-refractivity contribution in [3.63, 3.8) is 0 Å². The van der Waals surface area contributed by atoms with Crippen molar-refractivity contribution in [1.29, 1.82) is 0 Å². The molecule has 1 saturated heterocycles. The zero-order valence-electron chi connectivity index (χ0n) is 12.5. The van der Waals surface area contributed by atoms with E-state index in [2.05, 4.69) is 11.8 Å². The normalized spacial score (nSPS) is 20.5. The van der Waals surface area contributed by atoms with Crippen LogP contribution in [0.15, 0.2) is 18.2 Å². The third-order valence-electron chi connectivity index (χ3n) is 4.13. The van der Waals surface area contributed by atoms with Crippen molar-refractivity contribution in [1.82, 2.24) is 4.90 Å². The molecule has 5 nitrogen and oxygen atoms in total. The maximum Gasteiger partial charge on any atom is 0.231 e. The minimum absolute atomic E-state index is 0.259. The van der Waals surface area contributed by atoms with Gasteiger partial charge in [-0.1, -0.05) is 6.92 Å². The van der Waals surface area contributed by atoms with Crippen molar-refractivity contribution in [2.45, 2.75) is 25.9 Å². The van der Waals surface area contributed by atoms with E-state index in [-0.39, 0.29) is 6.79 Å². The summed E-state index contributed by atoms with van der Waals surface area (Å²) < 4.78 is 16.2. The number of rotatable bonds is 5. The van der Waals surface area contributed by atoms with Gasteiger partial charge in [0.1, 0.15) is 18.5 Å². The molecule has 116 valence electrons. The second-order valence-electron chi connectivity index (χ2n) is 5.96. The van der Waals surface area contributed by atoms with E-state index >= 15 is 0 Å². The Labute approximate surface area is 125 Å². The summed E-state index contributed by atoms with van der Waals surface area (Å²) in [6.07, 6.45) is 1.97. The number of β-amino-alcohol motifs (C(OH)–C–C–N with tert-alkyl or cyclic N) is 1. The van der Waals surface area contributed by atoms with Crippen LogP contribution in [0, 0.1) is 5.92 Å². The van der Waals surface area contributed by atoms with Gasteiger partial charge in [0.25, 0.3) is 0 Å². The fourth-order valence-electron chi connectivity index (χ4n) is 2.75. The van der Waals surface area contributed by atoms with Crippen LogP contribution in [0.4, 0.5) is 0 Å². The number of hydrogen-bond acceptors (Lipinski definition) is 5. The van der Waals surface area contributed by atoms with Gasteiger partial charge in [0.05, 0.1) is 0 Å². The first-order valence-electron chi connectivity index (χ1n) is 7.63. The van der Waals surface area contributed by atoms with Crippen LogP contribution in [-0.2, 0) is 0 Å². The molecule has 0 spiro atoms. The van der Waals surface area contributed by atoms with Crippen LogP contribution >= 0.6 is 0 Å². The molecule has 21 heavy (non-hydrogen) atoms. The summed E-state index contributed by atoms with van der Waals surface area (Å²) in [4.78, 5) is 2.31. The number of benzene rings is 1. The molecule has 3 rings (SSSR count). The fraction of sp³-hybridized carbons (Fsp3) is 0.625. The molecule has 2 heterocycles. The van der Waals surface area contributed by atoms with Gasteiger partial charge in [-0.25, -0.2) is 0 Å². The summed E-state index contributed by atoms with van der Waals surface area (Å²) in [5.74, 6) is 2.95. The number of ether oxygens (including phenoxy) is 3. The van der Waals surface area contributed by atoms with Gasteiger partial charge in [-0.05, 0) is 44.0 Å². The highest BCUT2D eigenvalue weighted by atomic mass is 16.7. The molecule has 2 aliphatic heterocycles. The van der Waals surface area contributed by atoms with Crippen LogP contribution in [0.5, 0.6) is 17.2 Å². The molecule has 1 N–H and O–H groups in total. The molecule has 1 fully saturated rings. The molecule has 0 radical (unpaired) electrons. The van der Waals surface area contributed by atoms with Crippen molar-refractivity contribution in [3.05, 3.63) is 18.2 Å². The zero-order valence-corrected chi connectivity index (χ0v) is 12.5. The van der Waals surface area contributed by atoms with Crippen LogP contribution in [-0.4, -0.2) is 49.1 Å². The predicted molar refractivity (Wildman–Crippen MR) is 78.9 cm³/mol. The summed E-state index contributed by atoms with van der Waals surface area (Å²) in [6, 6.07) is 5.47. The lowest BCUT2D eigenvalue weighted by molar-refractivity contribution is 0.0562. The number of aliphatic hydroxyl groups excluding tert-OH is 1. The van der Waals surface area contributed by atoms with Gasteiger partial charge >= 0.3 is 0 Å². The molecular formula is C16H23NO4. The van der Waals surface area contributed by atoms with E-state index < -0.39 is 6.10 Å². The molecule has 1 unspecified atom stereocenters. The van der Waals surface area contributed by atoms with Gasteiger partial charge in [0.2, 0.25) is 6.79 Å². The maximum absolute atomic E-state index is 10.1. The number of nitrogens with zero attached hydrogens (tertiary/aromatic N) is 1. The first-order valence-corrected chi connectivity index (χ1v) is 7.63. The van der Waals surface area contributed by atoms with Gasteiger partial charge in [0, 0.05) is 12.6 Å². The monoisotopic (exact) mass is 293 g/mol. The quantitative estimate of drug-likeness (QED) is 0.898. The van der Waals surface area contributed by atoms with Gasteiger partial charge < -0.3 is 24.2 Å². The lowest BCUT2D eigenvalue weighted by Crippen LogP contribution is -2.40.